The lowest BCUT2D eigenvalue weighted by Gasteiger charge is -2.29. The Hall–Kier alpha value is -2.09. The van der Waals surface area contributed by atoms with Gasteiger partial charge >= 0.3 is 5.97 Å². The maximum atomic E-state index is 12.2. The molecule has 2 heteroatoms. The Labute approximate surface area is 125 Å². The van der Waals surface area contributed by atoms with Crippen molar-refractivity contribution in [1.29, 1.82) is 0 Å². The number of carboxylic acid groups (broad SMARTS) is 1. The minimum Gasteiger partial charge on any atom is -0.480 e. The molecule has 2 nitrogen and oxygen atoms in total. The van der Waals surface area contributed by atoms with Crippen LogP contribution in [-0.4, -0.2) is 11.1 Å². The van der Waals surface area contributed by atoms with Crippen LogP contribution in [0.3, 0.4) is 0 Å². The lowest BCUT2D eigenvalue weighted by molar-refractivity contribution is -0.142. The maximum absolute atomic E-state index is 12.2. The summed E-state index contributed by atoms with van der Waals surface area (Å²) in [6, 6.07) is 12.0. The molecule has 0 aromatic heterocycles. The Morgan fingerprint density at radius 1 is 1.00 bits per heavy atom. The van der Waals surface area contributed by atoms with Gasteiger partial charge in [0, 0.05) is 0 Å². The summed E-state index contributed by atoms with van der Waals surface area (Å²) in [4.78, 5) is 12.2. The molecule has 0 radical (unpaired) electrons. The smallest absolute Gasteiger partial charge is 0.318 e. The van der Waals surface area contributed by atoms with Crippen LogP contribution >= 0.6 is 0 Å². The van der Waals surface area contributed by atoms with Crippen LogP contribution in [0, 0.1) is 20.8 Å². The van der Waals surface area contributed by atoms with Gasteiger partial charge in [0.15, 0.2) is 0 Å². The predicted octanol–water partition coefficient (Wildman–Crippen LogP) is 3.93. The molecule has 0 bridgehead atoms. The van der Waals surface area contributed by atoms with Crippen molar-refractivity contribution < 1.29 is 9.90 Å². The predicted molar refractivity (Wildman–Crippen MR) is 83.8 cm³/mol. The van der Waals surface area contributed by atoms with Crippen LogP contribution in [0.5, 0.6) is 0 Å². The van der Waals surface area contributed by atoms with E-state index in [4.69, 9.17) is 0 Å². The standard InChI is InChI=1S/C19H20O2/c1-12-8-9-16(14(3)13(12)2)19(18(20)21)11-10-15-6-4-5-7-17(15)19/h4-9H,10-11H2,1-3H3,(H,20,21). The van der Waals surface area contributed by atoms with E-state index < -0.39 is 11.4 Å². The Morgan fingerprint density at radius 3 is 2.43 bits per heavy atom. The fourth-order valence-electron chi connectivity index (χ4n) is 3.65. The molecule has 2 aromatic rings. The van der Waals surface area contributed by atoms with Crippen LogP contribution in [0.25, 0.3) is 0 Å². The molecule has 0 aliphatic heterocycles. The van der Waals surface area contributed by atoms with Gasteiger partial charge in [-0.3, -0.25) is 4.79 Å². The van der Waals surface area contributed by atoms with Gasteiger partial charge in [0.2, 0.25) is 0 Å². The Balaban J connectivity index is 2.32. The van der Waals surface area contributed by atoms with Gasteiger partial charge in [0.1, 0.15) is 5.41 Å². The number of carbonyl (C=O) groups is 1. The molecule has 0 fully saturated rings. The zero-order valence-corrected chi connectivity index (χ0v) is 12.7. The average molecular weight is 280 g/mol. The van der Waals surface area contributed by atoms with Gasteiger partial charge in [0.05, 0.1) is 0 Å². The van der Waals surface area contributed by atoms with E-state index in [0.717, 1.165) is 28.7 Å². The van der Waals surface area contributed by atoms with Crippen molar-refractivity contribution >= 4 is 5.97 Å². The lowest BCUT2D eigenvalue weighted by atomic mass is 9.73. The second kappa shape index (κ2) is 4.73. The third-order valence-electron chi connectivity index (χ3n) is 5.13. The van der Waals surface area contributed by atoms with Crippen LogP contribution in [-0.2, 0) is 16.6 Å². The maximum Gasteiger partial charge on any atom is 0.318 e. The van der Waals surface area contributed by atoms with E-state index in [9.17, 15) is 9.90 Å². The summed E-state index contributed by atoms with van der Waals surface area (Å²) in [5, 5.41) is 10.0. The monoisotopic (exact) mass is 280 g/mol. The molecule has 1 unspecified atom stereocenters. The number of benzene rings is 2. The minimum absolute atomic E-state index is 0.644. The molecule has 0 spiro atoms. The molecular formula is C19H20O2. The summed E-state index contributed by atoms with van der Waals surface area (Å²) < 4.78 is 0. The van der Waals surface area contributed by atoms with Gasteiger partial charge in [-0.15, -0.1) is 0 Å². The van der Waals surface area contributed by atoms with Gasteiger partial charge in [-0.25, -0.2) is 0 Å². The molecule has 1 N–H and O–H groups in total. The Bertz CT molecular complexity index is 730. The summed E-state index contributed by atoms with van der Waals surface area (Å²) >= 11 is 0. The zero-order chi connectivity index (χ0) is 15.2. The van der Waals surface area contributed by atoms with Crippen molar-refractivity contribution in [3.05, 3.63) is 69.8 Å². The number of carboxylic acids is 1. The SMILES string of the molecule is Cc1ccc(C2(C(=O)O)CCc3ccccc32)c(C)c1C. The second-order valence-corrected chi connectivity index (χ2v) is 6.05. The van der Waals surface area contributed by atoms with Crippen LogP contribution in [0.2, 0.25) is 0 Å². The number of rotatable bonds is 2. The summed E-state index contributed by atoms with van der Waals surface area (Å²) in [6.45, 7) is 6.19. The fraction of sp³-hybridized carbons (Fsp3) is 0.316. The molecule has 108 valence electrons. The van der Waals surface area contributed by atoms with Crippen LogP contribution in [0.1, 0.15) is 39.8 Å². The summed E-state index contributed by atoms with van der Waals surface area (Å²) in [7, 11) is 0. The highest BCUT2D eigenvalue weighted by Gasteiger charge is 2.47. The first-order chi connectivity index (χ1) is 9.98. The van der Waals surface area contributed by atoms with Gasteiger partial charge in [-0.2, -0.15) is 0 Å². The van der Waals surface area contributed by atoms with Crippen molar-refractivity contribution in [3.63, 3.8) is 0 Å². The van der Waals surface area contributed by atoms with Crippen molar-refractivity contribution in [2.45, 2.75) is 39.0 Å². The lowest BCUT2D eigenvalue weighted by Crippen LogP contribution is -2.35. The van der Waals surface area contributed by atoms with E-state index in [1.165, 1.54) is 11.1 Å². The molecule has 0 saturated carbocycles. The molecule has 2 aromatic carbocycles. The fourth-order valence-corrected chi connectivity index (χ4v) is 3.65. The highest BCUT2D eigenvalue weighted by Crippen LogP contribution is 2.46. The van der Waals surface area contributed by atoms with Gasteiger partial charge in [-0.1, -0.05) is 36.4 Å². The Morgan fingerprint density at radius 2 is 1.71 bits per heavy atom. The number of aliphatic carboxylic acids is 1. The highest BCUT2D eigenvalue weighted by molar-refractivity contribution is 5.88. The van der Waals surface area contributed by atoms with E-state index in [-0.39, 0.29) is 0 Å². The normalized spacial score (nSPS) is 20.3. The number of fused-ring (bicyclic) bond motifs is 1. The molecule has 1 atom stereocenters. The summed E-state index contributed by atoms with van der Waals surface area (Å²) in [5.74, 6) is -0.737. The molecule has 0 heterocycles. The highest BCUT2D eigenvalue weighted by atomic mass is 16.4. The van der Waals surface area contributed by atoms with Crippen LogP contribution < -0.4 is 0 Å². The van der Waals surface area contributed by atoms with Crippen molar-refractivity contribution in [2.24, 2.45) is 0 Å². The second-order valence-electron chi connectivity index (χ2n) is 6.05. The van der Waals surface area contributed by atoms with E-state index >= 15 is 0 Å². The molecule has 3 rings (SSSR count). The first-order valence-corrected chi connectivity index (χ1v) is 7.37. The number of hydrogen-bond acceptors (Lipinski definition) is 1. The quantitative estimate of drug-likeness (QED) is 0.905. The van der Waals surface area contributed by atoms with Crippen molar-refractivity contribution in [3.8, 4) is 0 Å². The molecular weight excluding hydrogens is 260 g/mol. The third-order valence-corrected chi connectivity index (χ3v) is 5.13. The number of hydrogen-bond donors (Lipinski definition) is 1. The summed E-state index contributed by atoms with van der Waals surface area (Å²) in [5.41, 5.74) is 5.69. The first-order valence-electron chi connectivity index (χ1n) is 7.37. The van der Waals surface area contributed by atoms with Crippen LogP contribution in [0.15, 0.2) is 36.4 Å². The van der Waals surface area contributed by atoms with E-state index in [2.05, 4.69) is 19.9 Å². The molecule has 21 heavy (non-hydrogen) atoms. The van der Waals surface area contributed by atoms with Gasteiger partial charge in [-0.05, 0) is 67.0 Å². The largest absolute Gasteiger partial charge is 0.480 e. The first kappa shape index (κ1) is 13.9. The molecule has 1 aliphatic rings. The van der Waals surface area contributed by atoms with Gasteiger partial charge in [0.25, 0.3) is 0 Å². The van der Waals surface area contributed by atoms with Gasteiger partial charge < -0.3 is 5.11 Å². The zero-order valence-electron chi connectivity index (χ0n) is 12.7. The minimum atomic E-state index is -0.890. The Kier molecular flexibility index (Phi) is 3.12. The number of aryl methyl sites for hydroxylation is 2. The van der Waals surface area contributed by atoms with Crippen LogP contribution in [0.4, 0.5) is 0 Å². The van der Waals surface area contributed by atoms with E-state index in [0.29, 0.717) is 6.42 Å². The molecule has 0 saturated heterocycles. The molecule has 1 aliphatic carbocycles. The third kappa shape index (κ3) is 1.82. The van der Waals surface area contributed by atoms with E-state index in [1.807, 2.05) is 37.3 Å². The van der Waals surface area contributed by atoms with Crippen molar-refractivity contribution in [1.82, 2.24) is 0 Å². The average Bonchev–Trinajstić information content (AvgIpc) is 2.86. The topological polar surface area (TPSA) is 37.3 Å². The van der Waals surface area contributed by atoms with Crippen molar-refractivity contribution in [2.75, 3.05) is 0 Å². The summed E-state index contributed by atoms with van der Waals surface area (Å²) in [6.07, 6.45) is 1.47. The van der Waals surface area contributed by atoms with E-state index in [1.54, 1.807) is 0 Å². The molecule has 0 amide bonds.